The van der Waals surface area contributed by atoms with Crippen molar-refractivity contribution in [1.82, 2.24) is 0 Å². The van der Waals surface area contributed by atoms with Crippen LogP contribution in [0.25, 0.3) is 0 Å². The van der Waals surface area contributed by atoms with Crippen molar-refractivity contribution in [3.63, 3.8) is 0 Å². The summed E-state index contributed by atoms with van der Waals surface area (Å²) in [5.41, 5.74) is 3.84. The molecule has 0 aliphatic heterocycles. The van der Waals surface area contributed by atoms with Gasteiger partial charge in [0, 0.05) is 6.42 Å². The van der Waals surface area contributed by atoms with Gasteiger partial charge in [-0.05, 0) is 43.4 Å². The lowest BCUT2D eigenvalue weighted by Crippen LogP contribution is -2.12. The number of carbonyl (C=O) groups is 1. The quantitative estimate of drug-likeness (QED) is 0.679. The second kappa shape index (κ2) is 4.01. The fourth-order valence-electron chi connectivity index (χ4n) is 2.36. The second-order valence-electron chi connectivity index (χ2n) is 4.42. The zero-order valence-electron chi connectivity index (χ0n) is 9.29. The highest BCUT2D eigenvalue weighted by Crippen LogP contribution is 2.32. The van der Waals surface area contributed by atoms with Gasteiger partial charge in [0.1, 0.15) is 0 Å². The van der Waals surface area contributed by atoms with Crippen LogP contribution >= 0.6 is 0 Å². The van der Waals surface area contributed by atoms with Crippen LogP contribution in [0, 0.1) is 6.92 Å². The van der Waals surface area contributed by atoms with Gasteiger partial charge in [-0.2, -0.15) is 0 Å². The van der Waals surface area contributed by atoms with E-state index in [9.17, 15) is 4.79 Å². The summed E-state index contributed by atoms with van der Waals surface area (Å²) in [7, 11) is 0. The lowest BCUT2D eigenvalue weighted by Gasteiger charge is -2.22. The standard InChI is InChI=1S/C14H16O/c1-10-7-12(9-13(15)8-10)14-6-4-3-5-11(14)2/h3-6,8,12H,7,9H2,1-2H3. The Morgan fingerprint density at radius 3 is 2.53 bits per heavy atom. The van der Waals surface area contributed by atoms with Gasteiger partial charge in [-0.15, -0.1) is 0 Å². The molecule has 15 heavy (non-hydrogen) atoms. The van der Waals surface area contributed by atoms with Gasteiger partial charge in [0.25, 0.3) is 0 Å². The van der Waals surface area contributed by atoms with Gasteiger partial charge in [0.05, 0.1) is 0 Å². The molecule has 1 aliphatic carbocycles. The Balaban J connectivity index is 2.30. The molecule has 1 nitrogen and oxygen atoms in total. The average Bonchev–Trinajstić information content (AvgIpc) is 2.16. The number of ketones is 1. The van der Waals surface area contributed by atoms with Gasteiger partial charge < -0.3 is 0 Å². The number of benzene rings is 1. The molecule has 0 amide bonds. The maximum absolute atomic E-state index is 11.5. The molecule has 2 rings (SSSR count). The molecule has 0 bridgehead atoms. The first-order valence-electron chi connectivity index (χ1n) is 5.42. The number of hydrogen-bond acceptors (Lipinski definition) is 1. The topological polar surface area (TPSA) is 17.1 Å². The fraction of sp³-hybridized carbons (Fsp3) is 0.357. The molecule has 1 unspecified atom stereocenters. The maximum Gasteiger partial charge on any atom is 0.156 e. The van der Waals surface area contributed by atoms with Crippen LogP contribution in [0.2, 0.25) is 0 Å². The molecule has 0 spiro atoms. The van der Waals surface area contributed by atoms with E-state index >= 15 is 0 Å². The van der Waals surface area contributed by atoms with E-state index in [1.807, 2.05) is 13.0 Å². The molecule has 0 aromatic heterocycles. The van der Waals surface area contributed by atoms with Crippen LogP contribution in [0.5, 0.6) is 0 Å². The molecule has 0 heterocycles. The summed E-state index contributed by atoms with van der Waals surface area (Å²) in [5, 5.41) is 0. The summed E-state index contributed by atoms with van der Waals surface area (Å²) in [6.07, 6.45) is 3.48. The predicted molar refractivity (Wildman–Crippen MR) is 61.9 cm³/mol. The third kappa shape index (κ3) is 2.17. The van der Waals surface area contributed by atoms with Crippen molar-refractivity contribution in [2.24, 2.45) is 0 Å². The SMILES string of the molecule is CC1=CC(=O)CC(c2ccccc2C)C1. The lowest BCUT2D eigenvalue weighted by molar-refractivity contribution is -0.115. The minimum atomic E-state index is 0.270. The Morgan fingerprint density at radius 2 is 1.87 bits per heavy atom. The highest BCUT2D eigenvalue weighted by Gasteiger charge is 2.21. The number of hydrogen-bond donors (Lipinski definition) is 0. The van der Waals surface area contributed by atoms with Gasteiger partial charge in [0.2, 0.25) is 0 Å². The fourth-order valence-corrected chi connectivity index (χ4v) is 2.36. The van der Waals surface area contributed by atoms with Crippen LogP contribution in [-0.2, 0) is 4.79 Å². The smallest absolute Gasteiger partial charge is 0.156 e. The Morgan fingerprint density at radius 1 is 1.13 bits per heavy atom. The third-order valence-electron chi connectivity index (χ3n) is 3.05. The molecule has 1 heteroatoms. The van der Waals surface area contributed by atoms with Crippen molar-refractivity contribution in [3.05, 3.63) is 47.0 Å². The largest absolute Gasteiger partial charge is 0.295 e. The second-order valence-corrected chi connectivity index (χ2v) is 4.42. The predicted octanol–water partition coefficient (Wildman–Crippen LogP) is 3.39. The summed E-state index contributed by atoms with van der Waals surface area (Å²) < 4.78 is 0. The van der Waals surface area contributed by atoms with E-state index in [0.717, 1.165) is 6.42 Å². The highest BCUT2D eigenvalue weighted by molar-refractivity contribution is 5.92. The molecular weight excluding hydrogens is 184 g/mol. The van der Waals surface area contributed by atoms with Gasteiger partial charge in [0.15, 0.2) is 5.78 Å². The average molecular weight is 200 g/mol. The molecule has 78 valence electrons. The van der Waals surface area contributed by atoms with E-state index in [-0.39, 0.29) is 5.78 Å². The summed E-state index contributed by atoms with van der Waals surface area (Å²) in [5.74, 6) is 0.663. The van der Waals surface area contributed by atoms with Crippen molar-refractivity contribution >= 4 is 5.78 Å². The number of rotatable bonds is 1. The first kappa shape index (κ1) is 10.2. The van der Waals surface area contributed by atoms with Crippen LogP contribution in [0.3, 0.4) is 0 Å². The first-order valence-corrected chi connectivity index (χ1v) is 5.42. The molecule has 0 N–H and O–H groups in total. The summed E-state index contributed by atoms with van der Waals surface area (Å²) in [6.45, 7) is 4.16. The van der Waals surface area contributed by atoms with Gasteiger partial charge in [-0.1, -0.05) is 29.8 Å². The van der Waals surface area contributed by atoms with Crippen molar-refractivity contribution in [1.29, 1.82) is 0 Å². The van der Waals surface area contributed by atoms with Crippen molar-refractivity contribution in [2.45, 2.75) is 32.6 Å². The van der Waals surface area contributed by atoms with E-state index in [4.69, 9.17) is 0 Å². The Hall–Kier alpha value is -1.37. The van der Waals surface area contributed by atoms with E-state index < -0.39 is 0 Å². The van der Waals surface area contributed by atoms with E-state index in [2.05, 4.69) is 25.1 Å². The molecule has 0 saturated carbocycles. The molecule has 0 fully saturated rings. The Bertz CT molecular complexity index is 415. The third-order valence-corrected chi connectivity index (χ3v) is 3.05. The monoisotopic (exact) mass is 200 g/mol. The molecule has 0 radical (unpaired) electrons. The normalized spacial score (nSPS) is 21.3. The van der Waals surface area contributed by atoms with Crippen LogP contribution in [0.1, 0.15) is 36.8 Å². The molecule has 1 aliphatic rings. The molecular formula is C14H16O. The van der Waals surface area contributed by atoms with Crippen LogP contribution < -0.4 is 0 Å². The minimum absolute atomic E-state index is 0.270. The first-order chi connectivity index (χ1) is 7.16. The van der Waals surface area contributed by atoms with Crippen molar-refractivity contribution in [3.8, 4) is 0 Å². The van der Waals surface area contributed by atoms with Gasteiger partial charge >= 0.3 is 0 Å². The summed E-state index contributed by atoms with van der Waals surface area (Å²) in [6, 6.07) is 8.37. The van der Waals surface area contributed by atoms with Crippen molar-refractivity contribution in [2.75, 3.05) is 0 Å². The number of aryl methyl sites for hydroxylation is 1. The lowest BCUT2D eigenvalue weighted by atomic mass is 9.82. The minimum Gasteiger partial charge on any atom is -0.295 e. The Labute approximate surface area is 90.8 Å². The zero-order chi connectivity index (χ0) is 10.8. The zero-order valence-corrected chi connectivity index (χ0v) is 9.29. The summed E-state index contributed by atoms with van der Waals surface area (Å²) in [4.78, 5) is 11.5. The molecule has 0 saturated heterocycles. The Kier molecular flexibility index (Phi) is 2.72. The van der Waals surface area contributed by atoms with E-state index in [0.29, 0.717) is 12.3 Å². The van der Waals surface area contributed by atoms with Crippen molar-refractivity contribution < 1.29 is 4.79 Å². The number of allylic oxidation sites excluding steroid dienone is 2. The highest BCUT2D eigenvalue weighted by atomic mass is 16.1. The molecule has 1 aromatic rings. The molecule has 1 atom stereocenters. The van der Waals surface area contributed by atoms with Gasteiger partial charge in [-0.3, -0.25) is 4.79 Å². The van der Waals surface area contributed by atoms with Gasteiger partial charge in [-0.25, -0.2) is 0 Å². The van der Waals surface area contributed by atoms with E-state index in [1.54, 1.807) is 6.08 Å². The molecule has 1 aromatic carbocycles. The van der Waals surface area contributed by atoms with E-state index in [1.165, 1.54) is 16.7 Å². The maximum atomic E-state index is 11.5. The van der Waals surface area contributed by atoms with Crippen LogP contribution in [-0.4, -0.2) is 5.78 Å². The summed E-state index contributed by atoms with van der Waals surface area (Å²) >= 11 is 0. The number of carbonyl (C=O) groups excluding carboxylic acids is 1. The van der Waals surface area contributed by atoms with Crippen LogP contribution in [0.15, 0.2) is 35.9 Å². The van der Waals surface area contributed by atoms with Crippen LogP contribution in [0.4, 0.5) is 0 Å².